The zero-order chi connectivity index (χ0) is 9.97. The Kier molecular flexibility index (Phi) is 3.38. The van der Waals surface area contributed by atoms with E-state index in [4.69, 9.17) is 5.84 Å². The van der Waals surface area contributed by atoms with E-state index in [1.165, 1.54) is 25.7 Å². The topological polar surface area (TPSA) is 61.5 Å². The smallest absolute Gasteiger partial charge is 0.0805 e. The second kappa shape index (κ2) is 4.57. The fourth-order valence-corrected chi connectivity index (χ4v) is 2.56. The number of aliphatic hydroxyl groups is 1. The molecule has 2 rings (SSSR count). The van der Waals surface area contributed by atoms with Crippen molar-refractivity contribution >= 4 is 0 Å². The number of nitrogens with two attached hydrogens (primary N) is 1. The van der Waals surface area contributed by atoms with E-state index >= 15 is 0 Å². The molecule has 0 bridgehead atoms. The number of aliphatic hydroxyl groups excluding tert-OH is 1. The molecule has 1 heterocycles. The first-order chi connectivity index (χ1) is 6.81. The molecular formula is C10H21N3O. The van der Waals surface area contributed by atoms with E-state index in [1.54, 1.807) is 0 Å². The van der Waals surface area contributed by atoms with Gasteiger partial charge in [-0.2, -0.15) is 0 Å². The van der Waals surface area contributed by atoms with Crippen LogP contribution in [0.2, 0.25) is 0 Å². The molecule has 1 unspecified atom stereocenters. The first kappa shape index (κ1) is 10.4. The zero-order valence-electron chi connectivity index (χ0n) is 8.65. The summed E-state index contributed by atoms with van der Waals surface area (Å²) in [5.41, 5.74) is 2.52. The number of likely N-dealkylation sites (tertiary alicyclic amines) is 1. The molecule has 2 aliphatic rings. The summed E-state index contributed by atoms with van der Waals surface area (Å²) in [6.45, 7) is 2.43. The monoisotopic (exact) mass is 199 g/mol. The standard InChI is InChI=1S/C10H21N3O/c11-12-6-9(14)7-13-5-1-2-10(13)8-3-4-8/h8-10,12,14H,1-7,11H2/t9-,10?/m0/s1. The van der Waals surface area contributed by atoms with Gasteiger partial charge in [0.1, 0.15) is 0 Å². The average Bonchev–Trinajstić information content (AvgIpc) is 2.89. The average molecular weight is 199 g/mol. The Morgan fingerprint density at radius 1 is 1.43 bits per heavy atom. The highest BCUT2D eigenvalue weighted by molar-refractivity contribution is 4.92. The summed E-state index contributed by atoms with van der Waals surface area (Å²) in [7, 11) is 0. The van der Waals surface area contributed by atoms with Gasteiger partial charge in [0.2, 0.25) is 0 Å². The van der Waals surface area contributed by atoms with Crippen molar-refractivity contribution in [2.75, 3.05) is 19.6 Å². The zero-order valence-corrected chi connectivity index (χ0v) is 8.65. The van der Waals surface area contributed by atoms with Gasteiger partial charge >= 0.3 is 0 Å². The first-order valence-electron chi connectivity index (χ1n) is 5.67. The Hall–Kier alpha value is -0.160. The van der Waals surface area contributed by atoms with Gasteiger partial charge in [0.15, 0.2) is 0 Å². The molecule has 0 radical (unpaired) electrons. The van der Waals surface area contributed by atoms with Crippen LogP contribution >= 0.6 is 0 Å². The summed E-state index contributed by atoms with van der Waals surface area (Å²) in [5, 5.41) is 9.65. The predicted molar refractivity (Wildman–Crippen MR) is 55.5 cm³/mol. The summed E-state index contributed by atoms with van der Waals surface area (Å²) in [6, 6.07) is 0.752. The fraction of sp³-hybridized carbons (Fsp3) is 1.00. The summed E-state index contributed by atoms with van der Waals surface area (Å²) < 4.78 is 0. The van der Waals surface area contributed by atoms with E-state index in [0.29, 0.717) is 6.54 Å². The highest BCUT2D eigenvalue weighted by Crippen LogP contribution is 2.39. The molecular weight excluding hydrogens is 178 g/mol. The molecule has 4 N–H and O–H groups in total. The van der Waals surface area contributed by atoms with E-state index in [1.807, 2.05) is 0 Å². The van der Waals surface area contributed by atoms with Gasteiger partial charge in [-0.1, -0.05) is 0 Å². The molecule has 0 spiro atoms. The van der Waals surface area contributed by atoms with Crippen molar-refractivity contribution in [3.05, 3.63) is 0 Å². The Morgan fingerprint density at radius 2 is 2.21 bits per heavy atom. The molecule has 0 aromatic rings. The third-order valence-corrected chi connectivity index (χ3v) is 3.38. The fourth-order valence-electron chi connectivity index (χ4n) is 2.56. The molecule has 1 aliphatic heterocycles. The number of nitrogens with one attached hydrogen (secondary N) is 1. The van der Waals surface area contributed by atoms with Crippen molar-refractivity contribution in [2.45, 2.75) is 37.8 Å². The molecule has 4 heteroatoms. The molecule has 2 fully saturated rings. The van der Waals surface area contributed by atoms with Gasteiger partial charge < -0.3 is 5.11 Å². The van der Waals surface area contributed by atoms with E-state index < -0.39 is 0 Å². The minimum Gasteiger partial charge on any atom is -0.390 e. The van der Waals surface area contributed by atoms with Crippen molar-refractivity contribution in [1.29, 1.82) is 0 Å². The quantitative estimate of drug-likeness (QED) is 0.420. The maximum atomic E-state index is 9.65. The van der Waals surface area contributed by atoms with Gasteiger partial charge in [0.05, 0.1) is 6.10 Å². The van der Waals surface area contributed by atoms with E-state index in [9.17, 15) is 5.11 Å². The lowest BCUT2D eigenvalue weighted by atomic mass is 10.1. The second-order valence-corrected chi connectivity index (χ2v) is 4.60. The van der Waals surface area contributed by atoms with Crippen molar-refractivity contribution in [3.8, 4) is 0 Å². The van der Waals surface area contributed by atoms with Crippen LogP contribution < -0.4 is 11.3 Å². The third-order valence-electron chi connectivity index (χ3n) is 3.38. The van der Waals surface area contributed by atoms with Crippen LogP contribution in [0.1, 0.15) is 25.7 Å². The Labute approximate surface area is 85.4 Å². The molecule has 1 aliphatic carbocycles. The molecule has 2 atom stereocenters. The van der Waals surface area contributed by atoms with Gasteiger partial charge in [-0.25, -0.2) is 0 Å². The van der Waals surface area contributed by atoms with Crippen LogP contribution in [0, 0.1) is 5.92 Å². The Balaban J connectivity index is 1.77. The number of hydrogen-bond acceptors (Lipinski definition) is 4. The lowest BCUT2D eigenvalue weighted by Crippen LogP contribution is -2.42. The summed E-state index contributed by atoms with van der Waals surface area (Å²) >= 11 is 0. The lowest BCUT2D eigenvalue weighted by molar-refractivity contribution is 0.0996. The molecule has 1 saturated heterocycles. The number of nitrogens with zero attached hydrogens (tertiary/aromatic N) is 1. The maximum absolute atomic E-state index is 9.65. The van der Waals surface area contributed by atoms with Crippen molar-refractivity contribution in [2.24, 2.45) is 11.8 Å². The van der Waals surface area contributed by atoms with Gasteiger partial charge in [0, 0.05) is 19.1 Å². The second-order valence-electron chi connectivity index (χ2n) is 4.60. The largest absolute Gasteiger partial charge is 0.390 e. The Bertz CT molecular complexity index is 184. The molecule has 0 aromatic heterocycles. The van der Waals surface area contributed by atoms with Gasteiger partial charge in [-0.05, 0) is 38.1 Å². The highest BCUT2D eigenvalue weighted by Gasteiger charge is 2.38. The Morgan fingerprint density at radius 3 is 2.86 bits per heavy atom. The van der Waals surface area contributed by atoms with E-state index in [2.05, 4.69) is 10.3 Å². The molecule has 1 saturated carbocycles. The van der Waals surface area contributed by atoms with Crippen LogP contribution in [-0.2, 0) is 0 Å². The number of rotatable bonds is 5. The molecule has 0 amide bonds. The van der Waals surface area contributed by atoms with E-state index in [0.717, 1.165) is 25.0 Å². The number of β-amino-alcohol motifs (C(OH)–C–C–N with tert-alkyl or cyclic N) is 1. The number of hydrazine groups is 1. The van der Waals surface area contributed by atoms with Crippen molar-refractivity contribution in [3.63, 3.8) is 0 Å². The first-order valence-corrected chi connectivity index (χ1v) is 5.67. The molecule has 4 nitrogen and oxygen atoms in total. The van der Waals surface area contributed by atoms with Crippen LogP contribution in [-0.4, -0.2) is 41.8 Å². The van der Waals surface area contributed by atoms with Crippen LogP contribution in [0.5, 0.6) is 0 Å². The SMILES string of the molecule is NNC[C@H](O)CN1CCCC1C1CC1. The van der Waals surface area contributed by atoms with Gasteiger partial charge in [-0.15, -0.1) is 0 Å². The minimum atomic E-state index is -0.320. The van der Waals surface area contributed by atoms with Crippen molar-refractivity contribution in [1.82, 2.24) is 10.3 Å². The van der Waals surface area contributed by atoms with Gasteiger partial charge in [0.25, 0.3) is 0 Å². The summed E-state index contributed by atoms with van der Waals surface area (Å²) in [4.78, 5) is 2.44. The van der Waals surface area contributed by atoms with Crippen LogP contribution in [0.25, 0.3) is 0 Å². The molecule has 14 heavy (non-hydrogen) atoms. The highest BCUT2D eigenvalue weighted by atomic mass is 16.3. The predicted octanol–water partition coefficient (Wildman–Crippen LogP) is -0.315. The van der Waals surface area contributed by atoms with Gasteiger partial charge in [-0.3, -0.25) is 16.2 Å². The van der Waals surface area contributed by atoms with Crippen molar-refractivity contribution < 1.29 is 5.11 Å². The van der Waals surface area contributed by atoms with E-state index in [-0.39, 0.29) is 6.10 Å². The number of hydrogen-bond donors (Lipinski definition) is 3. The molecule has 82 valence electrons. The lowest BCUT2D eigenvalue weighted by Gasteiger charge is -2.26. The third kappa shape index (κ3) is 2.45. The van der Waals surface area contributed by atoms with Crippen LogP contribution in [0.15, 0.2) is 0 Å². The minimum absolute atomic E-state index is 0.320. The molecule has 0 aromatic carbocycles. The maximum Gasteiger partial charge on any atom is 0.0805 e. The van der Waals surface area contributed by atoms with Crippen LogP contribution in [0.3, 0.4) is 0 Å². The summed E-state index contributed by atoms with van der Waals surface area (Å²) in [5.74, 6) is 6.11. The van der Waals surface area contributed by atoms with Crippen LogP contribution in [0.4, 0.5) is 0 Å². The summed E-state index contributed by atoms with van der Waals surface area (Å²) in [6.07, 6.45) is 5.09. The normalized spacial score (nSPS) is 30.9.